The first-order chi connectivity index (χ1) is 10.2. The first kappa shape index (κ1) is 14.2. The van der Waals surface area contributed by atoms with Gasteiger partial charge in [0.25, 0.3) is 0 Å². The number of aryl methyl sites for hydroxylation is 1. The van der Waals surface area contributed by atoms with Crippen LogP contribution in [0.5, 0.6) is 0 Å². The lowest BCUT2D eigenvalue weighted by Gasteiger charge is -2.31. The minimum atomic E-state index is -0.804. The van der Waals surface area contributed by atoms with Crippen LogP contribution in [0.1, 0.15) is 29.7 Å². The Hall–Kier alpha value is -1.75. The maximum Gasteiger partial charge on any atom is 0.313 e. The molecule has 0 radical (unpaired) electrons. The third-order valence-electron chi connectivity index (χ3n) is 3.95. The Morgan fingerprint density at radius 3 is 3.00 bits per heavy atom. The topological polar surface area (TPSA) is 55.1 Å². The molecule has 0 spiro atoms. The Labute approximate surface area is 128 Å². The molecule has 0 fully saturated rings. The van der Waals surface area contributed by atoms with Crippen LogP contribution in [0.15, 0.2) is 35.6 Å². The minimum Gasteiger partial charge on any atom is -0.481 e. The molecule has 0 saturated heterocycles. The Morgan fingerprint density at radius 1 is 1.48 bits per heavy atom. The summed E-state index contributed by atoms with van der Waals surface area (Å²) in [6, 6.07) is 8.54. The quantitative estimate of drug-likeness (QED) is 0.834. The van der Waals surface area contributed by atoms with Crippen molar-refractivity contribution in [1.82, 2.24) is 9.55 Å². The van der Waals surface area contributed by atoms with Crippen molar-refractivity contribution >= 4 is 17.7 Å². The second-order valence-corrected chi connectivity index (χ2v) is 6.22. The van der Waals surface area contributed by atoms with Gasteiger partial charge in [0, 0.05) is 24.4 Å². The number of aromatic nitrogens is 2. The maximum atomic E-state index is 10.8. The Kier molecular flexibility index (Phi) is 4.01. The van der Waals surface area contributed by atoms with Crippen LogP contribution in [0, 0.1) is 0 Å². The second kappa shape index (κ2) is 5.93. The Bertz CT molecular complexity index is 666. The molecule has 1 heterocycles. The standard InChI is InChI=1S/C16H18N2O2S/c1-2-13-8-17-16(21-10-15(19)20)18(13)9-12-7-11-5-3-4-6-14(11)12/h3-6,8,12H,2,7,9-10H2,1H3,(H,19,20). The fourth-order valence-corrected chi connectivity index (χ4v) is 3.58. The number of rotatable bonds is 6. The van der Waals surface area contributed by atoms with E-state index in [1.807, 2.05) is 6.20 Å². The van der Waals surface area contributed by atoms with E-state index < -0.39 is 5.97 Å². The zero-order valence-corrected chi connectivity index (χ0v) is 12.8. The Balaban J connectivity index is 1.78. The zero-order chi connectivity index (χ0) is 14.8. The fourth-order valence-electron chi connectivity index (χ4n) is 2.86. The van der Waals surface area contributed by atoms with Crippen LogP contribution >= 0.6 is 11.8 Å². The van der Waals surface area contributed by atoms with Crippen molar-refractivity contribution in [2.75, 3.05) is 5.75 Å². The molecular formula is C16H18N2O2S. The van der Waals surface area contributed by atoms with E-state index in [9.17, 15) is 4.79 Å². The highest BCUT2D eigenvalue weighted by molar-refractivity contribution is 7.99. The number of carboxylic acids is 1. The number of fused-ring (bicyclic) bond motifs is 1. The monoisotopic (exact) mass is 302 g/mol. The molecular weight excluding hydrogens is 284 g/mol. The number of hydrogen-bond donors (Lipinski definition) is 1. The molecule has 3 rings (SSSR count). The fraction of sp³-hybridized carbons (Fsp3) is 0.375. The van der Waals surface area contributed by atoms with Crippen LogP contribution in [-0.2, 0) is 24.2 Å². The van der Waals surface area contributed by atoms with Crippen molar-refractivity contribution in [2.45, 2.75) is 37.4 Å². The average molecular weight is 302 g/mol. The van der Waals surface area contributed by atoms with Crippen molar-refractivity contribution in [1.29, 1.82) is 0 Å². The van der Waals surface area contributed by atoms with Crippen molar-refractivity contribution < 1.29 is 9.90 Å². The van der Waals surface area contributed by atoms with Gasteiger partial charge in [-0.3, -0.25) is 4.79 Å². The van der Waals surface area contributed by atoms with Gasteiger partial charge in [-0.1, -0.05) is 43.0 Å². The molecule has 1 aromatic carbocycles. The summed E-state index contributed by atoms with van der Waals surface area (Å²) in [6.45, 7) is 3.00. The molecule has 1 aromatic heterocycles. The van der Waals surface area contributed by atoms with Crippen molar-refractivity contribution in [3.63, 3.8) is 0 Å². The normalized spacial score (nSPS) is 16.3. The summed E-state index contributed by atoms with van der Waals surface area (Å²) >= 11 is 1.30. The van der Waals surface area contributed by atoms with E-state index in [1.54, 1.807) is 0 Å². The molecule has 0 saturated carbocycles. The van der Waals surface area contributed by atoms with E-state index in [1.165, 1.54) is 28.6 Å². The smallest absolute Gasteiger partial charge is 0.313 e. The van der Waals surface area contributed by atoms with Crippen LogP contribution in [-0.4, -0.2) is 26.4 Å². The number of aliphatic carboxylic acids is 1. The van der Waals surface area contributed by atoms with Gasteiger partial charge in [-0.05, 0) is 24.0 Å². The number of thioether (sulfide) groups is 1. The number of nitrogens with zero attached hydrogens (tertiary/aromatic N) is 2. The lowest BCUT2D eigenvalue weighted by Crippen LogP contribution is -2.23. The molecule has 1 atom stereocenters. The van der Waals surface area contributed by atoms with Gasteiger partial charge in [0.15, 0.2) is 5.16 Å². The van der Waals surface area contributed by atoms with Crippen LogP contribution in [0.25, 0.3) is 0 Å². The first-order valence-corrected chi connectivity index (χ1v) is 8.14. The van der Waals surface area contributed by atoms with Gasteiger partial charge in [0.2, 0.25) is 0 Å². The zero-order valence-electron chi connectivity index (χ0n) is 12.0. The van der Waals surface area contributed by atoms with E-state index in [0.29, 0.717) is 5.92 Å². The van der Waals surface area contributed by atoms with Gasteiger partial charge in [0.1, 0.15) is 0 Å². The highest BCUT2D eigenvalue weighted by Crippen LogP contribution is 2.37. The summed E-state index contributed by atoms with van der Waals surface area (Å²) in [6.07, 6.45) is 3.88. The summed E-state index contributed by atoms with van der Waals surface area (Å²) in [5, 5.41) is 9.66. The number of imidazole rings is 1. The summed E-state index contributed by atoms with van der Waals surface area (Å²) in [4.78, 5) is 15.1. The molecule has 1 N–H and O–H groups in total. The van der Waals surface area contributed by atoms with E-state index in [0.717, 1.165) is 24.5 Å². The third kappa shape index (κ3) is 2.83. The SMILES string of the molecule is CCc1cnc(SCC(=O)O)n1CC1Cc2ccccc21. The van der Waals surface area contributed by atoms with E-state index in [-0.39, 0.29) is 5.75 Å². The van der Waals surface area contributed by atoms with Crippen LogP contribution in [0.3, 0.4) is 0 Å². The largest absolute Gasteiger partial charge is 0.481 e. The summed E-state index contributed by atoms with van der Waals surface area (Å²) in [5.41, 5.74) is 4.02. The molecule has 5 heteroatoms. The van der Waals surface area contributed by atoms with Gasteiger partial charge in [-0.15, -0.1) is 0 Å². The van der Waals surface area contributed by atoms with Gasteiger partial charge in [-0.2, -0.15) is 0 Å². The lowest BCUT2D eigenvalue weighted by molar-refractivity contribution is -0.133. The van der Waals surface area contributed by atoms with Crippen LogP contribution in [0.2, 0.25) is 0 Å². The van der Waals surface area contributed by atoms with Crippen molar-refractivity contribution in [3.8, 4) is 0 Å². The van der Waals surface area contributed by atoms with Crippen LogP contribution in [0.4, 0.5) is 0 Å². The molecule has 2 aromatic rings. The molecule has 0 amide bonds. The maximum absolute atomic E-state index is 10.8. The average Bonchev–Trinajstić information content (AvgIpc) is 2.84. The van der Waals surface area contributed by atoms with Gasteiger partial charge in [0.05, 0.1) is 5.75 Å². The predicted molar refractivity (Wildman–Crippen MR) is 82.9 cm³/mol. The van der Waals surface area contributed by atoms with Gasteiger partial charge in [-0.25, -0.2) is 4.98 Å². The summed E-state index contributed by atoms with van der Waals surface area (Å²) < 4.78 is 2.19. The van der Waals surface area contributed by atoms with E-state index in [4.69, 9.17) is 5.11 Å². The molecule has 4 nitrogen and oxygen atoms in total. The van der Waals surface area contributed by atoms with Gasteiger partial charge >= 0.3 is 5.97 Å². The number of benzene rings is 1. The molecule has 0 aliphatic heterocycles. The number of hydrogen-bond acceptors (Lipinski definition) is 3. The molecule has 21 heavy (non-hydrogen) atoms. The summed E-state index contributed by atoms with van der Waals surface area (Å²) in [7, 11) is 0. The summed E-state index contributed by atoms with van der Waals surface area (Å²) in [5.74, 6) is -0.229. The van der Waals surface area contributed by atoms with Crippen LogP contribution < -0.4 is 0 Å². The second-order valence-electron chi connectivity index (χ2n) is 5.28. The van der Waals surface area contributed by atoms with Crippen molar-refractivity contribution in [2.24, 2.45) is 0 Å². The molecule has 110 valence electrons. The van der Waals surface area contributed by atoms with Crippen molar-refractivity contribution in [3.05, 3.63) is 47.3 Å². The van der Waals surface area contributed by atoms with E-state index in [2.05, 4.69) is 40.7 Å². The molecule has 1 aliphatic carbocycles. The number of carbonyl (C=O) groups is 1. The predicted octanol–water partition coefficient (Wildman–Crippen LogP) is 2.96. The molecule has 1 aliphatic rings. The minimum absolute atomic E-state index is 0.0570. The molecule has 1 unspecified atom stereocenters. The molecule has 0 bridgehead atoms. The van der Waals surface area contributed by atoms with Gasteiger partial charge < -0.3 is 9.67 Å². The highest BCUT2D eigenvalue weighted by atomic mass is 32.2. The Morgan fingerprint density at radius 2 is 2.29 bits per heavy atom. The lowest BCUT2D eigenvalue weighted by atomic mass is 9.77. The number of carboxylic acid groups (broad SMARTS) is 1. The highest BCUT2D eigenvalue weighted by Gasteiger charge is 2.27. The first-order valence-electron chi connectivity index (χ1n) is 7.15. The third-order valence-corrected chi connectivity index (χ3v) is 4.93. The van der Waals surface area contributed by atoms with E-state index >= 15 is 0 Å².